The number of hydrogen-bond acceptors (Lipinski definition) is 3. The van der Waals surface area contributed by atoms with Gasteiger partial charge in [-0.25, -0.2) is 4.98 Å². The Kier molecular flexibility index (Phi) is 4.62. The number of likely N-dealkylation sites (N-methyl/N-ethyl adjacent to an activating group) is 1. The smallest absolute Gasteiger partial charge is 0.131 e. The summed E-state index contributed by atoms with van der Waals surface area (Å²) in [6.07, 6.45) is 4.54. The van der Waals surface area contributed by atoms with Gasteiger partial charge >= 0.3 is 0 Å². The fourth-order valence-corrected chi connectivity index (χ4v) is 3.03. The van der Waals surface area contributed by atoms with E-state index < -0.39 is 0 Å². The molecule has 1 fully saturated rings. The van der Waals surface area contributed by atoms with Gasteiger partial charge in [-0.15, -0.1) is 0 Å². The van der Waals surface area contributed by atoms with Crippen LogP contribution in [0.25, 0.3) is 0 Å². The summed E-state index contributed by atoms with van der Waals surface area (Å²) in [5.41, 5.74) is 2.54. The van der Waals surface area contributed by atoms with Crippen molar-refractivity contribution in [2.45, 2.75) is 31.1 Å². The van der Waals surface area contributed by atoms with Crippen LogP contribution in [0.15, 0.2) is 12.3 Å². The first-order chi connectivity index (χ1) is 8.61. The topological polar surface area (TPSA) is 19.4 Å². The Morgan fingerprint density at radius 2 is 2.28 bits per heavy atom. The lowest BCUT2D eigenvalue weighted by molar-refractivity contribution is 0.371. The summed E-state index contributed by atoms with van der Waals surface area (Å²) in [5.74, 6) is 1.17. The number of aromatic nitrogens is 1. The molecule has 3 nitrogen and oxygen atoms in total. The first kappa shape index (κ1) is 13.8. The van der Waals surface area contributed by atoms with Gasteiger partial charge in [0.1, 0.15) is 5.82 Å². The Morgan fingerprint density at radius 1 is 1.50 bits per heavy atom. The molecule has 100 valence electrons. The standard InChI is InChI=1S/C14H22BrN3/c1-11-7-12(8-15)9-16-14(11)18-6-4-5-13(18)10-17(2)3/h7,9,13H,4-6,8,10H2,1-3H3. The van der Waals surface area contributed by atoms with Gasteiger partial charge in [0.05, 0.1) is 0 Å². The summed E-state index contributed by atoms with van der Waals surface area (Å²) < 4.78 is 0. The normalized spacial score (nSPS) is 19.8. The van der Waals surface area contributed by atoms with Gasteiger partial charge in [-0.1, -0.05) is 22.0 Å². The van der Waals surface area contributed by atoms with Crippen LogP contribution in [0.1, 0.15) is 24.0 Å². The van der Waals surface area contributed by atoms with Crippen molar-refractivity contribution in [3.63, 3.8) is 0 Å². The molecule has 0 bridgehead atoms. The van der Waals surface area contributed by atoms with Gasteiger partial charge in [-0.05, 0) is 45.0 Å². The molecule has 0 aromatic carbocycles. The van der Waals surface area contributed by atoms with E-state index in [-0.39, 0.29) is 0 Å². The fraction of sp³-hybridized carbons (Fsp3) is 0.643. The lowest BCUT2D eigenvalue weighted by atomic mass is 10.2. The number of alkyl halides is 1. The van der Waals surface area contributed by atoms with Crippen molar-refractivity contribution in [1.29, 1.82) is 0 Å². The molecule has 18 heavy (non-hydrogen) atoms. The van der Waals surface area contributed by atoms with Crippen LogP contribution in [-0.2, 0) is 5.33 Å². The lowest BCUT2D eigenvalue weighted by Crippen LogP contribution is -2.38. The Labute approximate surface area is 118 Å². The highest BCUT2D eigenvalue weighted by atomic mass is 79.9. The first-order valence-corrected chi connectivity index (χ1v) is 7.67. The van der Waals surface area contributed by atoms with E-state index in [9.17, 15) is 0 Å². The molecule has 0 N–H and O–H groups in total. The highest BCUT2D eigenvalue weighted by Crippen LogP contribution is 2.27. The average molecular weight is 312 g/mol. The maximum Gasteiger partial charge on any atom is 0.131 e. The van der Waals surface area contributed by atoms with Gasteiger partial charge in [-0.2, -0.15) is 0 Å². The molecule has 1 unspecified atom stereocenters. The summed E-state index contributed by atoms with van der Waals surface area (Å²) in [6.45, 7) is 4.42. The van der Waals surface area contributed by atoms with E-state index in [1.807, 2.05) is 6.20 Å². The van der Waals surface area contributed by atoms with Crippen molar-refractivity contribution in [2.24, 2.45) is 0 Å². The molecule has 0 saturated carbocycles. The number of nitrogens with zero attached hydrogens (tertiary/aromatic N) is 3. The summed E-state index contributed by atoms with van der Waals surface area (Å²) in [7, 11) is 4.29. The zero-order chi connectivity index (χ0) is 13.1. The minimum absolute atomic E-state index is 0.612. The van der Waals surface area contributed by atoms with Crippen LogP contribution >= 0.6 is 15.9 Å². The Balaban J connectivity index is 2.19. The number of aryl methyl sites for hydroxylation is 1. The quantitative estimate of drug-likeness (QED) is 0.797. The molecule has 4 heteroatoms. The molecule has 0 spiro atoms. The summed E-state index contributed by atoms with van der Waals surface area (Å²) in [5, 5.41) is 0.877. The van der Waals surface area contributed by atoms with Crippen molar-refractivity contribution in [3.8, 4) is 0 Å². The van der Waals surface area contributed by atoms with E-state index in [4.69, 9.17) is 0 Å². The zero-order valence-corrected chi connectivity index (χ0v) is 13.1. The van der Waals surface area contributed by atoms with E-state index in [0.29, 0.717) is 6.04 Å². The largest absolute Gasteiger partial charge is 0.352 e. The van der Waals surface area contributed by atoms with Crippen LogP contribution in [0.3, 0.4) is 0 Å². The van der Waals surface area contributed by atoms with Crippen LogP contribution in [0.5, 0.6) is 0 Å². The molecule has 2 heterocycles. The van der Waals surface area contributed by atoms with Crippen LogP contribution < -0.4 is 4.90 Å². The molecular weight excluding hydrogens is 290 g/mol. The highest BCUT2D eigenvalue weighted by molar-refractivity contribution is 9.08. The highest BCUT2D eigenvalue weighted by Gasteiger charge is 2.26. The second-order valence-electron chi connectivity index (χ2n) is 5.37. The van der Waals surface area contributed by atoms with E-state index in [0.717, 1.165) is 18.4 Å². The Hall–Kier alpha value is -0.610. The fourth-order valence-electron chi connectivity index (χ4n) is 2.73. The van der Waals surface area contributed by atoms with Crippen LogP contribution in [-0.4, -0.2) is 43.1 Å². The summed E-state index contributed by atoms with van der Waals surface area (Å²) in [6, 6.07) is 2.85. The monoisotopic (exact) mass is 311 g/mol. The third-order valence-corrected chi connectivity index (χ3v) is 4.13. The van der Waals surface area contributed by atoms with E-state index in [1.54, 1.807) is 0 Å². The minimum Gasteiger partial charge on any atom is -0.352 e. The molecule has 0 radical (unpaired) electrons. The molecule has 1 saturated heterocycles. The second kappa shape index (κ2) is 6.02. The van der Waals surface area contributed by atoms with Gasteiger partial charge in [0.2, 0.25) is 0 Å². The zero-order valence-electron chi connectivity index (χ0n) is 11.5. The maximum atomic E-state index is 4.67. The van der Waals surface area contributed by atoms with E-state index in [1.165, 1.54) is 29.8 Å². The molecule has 1 aliphatic heterocycles. The number of hydrogen-bond donors (Lipinski definition) is 0. The Morgan fingerprint density at radius 3 is 2.89 bits per heavy atom. The first-order valence-electron chi connectivity index (χ1n) is 6.54. The van der Waals surface area contributed by atoms with Crippen LogP contribution in [0.4, 0.5) is 5.82 Å². The van der Waals surface area contributed by atoms with Gasteiger partial charge in [0, 0.05) is 30.7 Å². The molecule has 1 aliphatic rings. The minimum atomic E-state index is 0.612. The predicted octanol–water partition coefficient (Wildman–Crippen LogP) is 2.82. The van der Waals surface area contributed by atoms with Crippen LogP contribution in [0.2, 0.25) is 0 Å². The summed E-state index contributed by atoms with van der Waals surface area (Å²) >= 11 is 3.48. The number of rotatable bonds is 4. The Bertz CT molecular complexity index is 406. The van der Waals surface area contributed by atoms with Gasteiger partial charge < -0.3 is 9.80 Å². The molecule has 1 aromatic rings. The summed E-state index contributed by atoms with van der Waals surface area (Å²) in [4.78, 5) is 9.41. The number of pyridine rings is 1. The SMILES string of the molecule is Cc1cc(CBr)cnc1N1CCCC1CN(C)C. The van der Waals surface area contributed by atoms with Crippen molar-refractivity contribution in [1.82, 2.24) is 9.88 Å². The number of halogens is 1. The van der Waals surface area contributed by atoms with Crippen molar-refractivity contribution < 1.29 is 0 Å². The van der Waals surface area contributed by atoms with Crippen molar-refractivity contribution in [3.05, 3.63) is 23.4 Å². The third kappa shape index (κ3) is 3.04. The lowest BCUT2D eigenvalue weighted by Gasteiger charge is -2.29. The van der Waals surface area contributed by atoms with E-state index >= 15 is 0 Å². The van der Waals surface area contributed by atoms with Crippen molar-refractivity contribution in [2.75, 3.05) is 32.1 Å². The molecule has 1 atom stereocenters. The number of anilines is 1. The average Bonchev–Trinajstić information content (AvgIpc) is 2.76. The van der Waals surface area contributed by atoms with Gasteiger partial charge in [0.25, 0.3) is 0 Å². The second-order valence-corrected chi connectivity index (χ2v) is 5.93. The molecule has 2 rings (SSSR count). The predicted molar refractivity (Wildman–Crippen MR) is 80.5 cm³/mol. The molecule has 1 aromatic heterocycles. The maximum absolute atomic E-state index is 4.67. The van der Waals surface area contributed by atoms with Crippen molar-refractivity contribution >= 4 is 21.7 Å². The van der Waals surface area contributed by atoms with E-state index in [2.05, 4.69) is 57.8 Å². The van der Waals surface area contributed by atoms with Gasteiger partial charge in [-0.3, -0.25) is 0 Å². The molecule has 0 aliphatic carbocycles. The molecule has 0 amide bonds. The third-order valence-electron chi connectivity index (χ3n) is 3.49. The van der Waals surface area contributed by atoms with Gasteiger partial charge in [0.15, 0.2) is 0 Å². The molecular formula is C14H22BrN3. The van der Waals surface area contributed by atoms with Crippen LogP contribution in [0, 0.1) is 6.92 Å².